The van der Waals surface area contributed by atoms with Crippen LogP contribution in [0.25, 0.3) is 21.9 Å². The fourth-order valence-corrected chi connectivity index (χ4v) is 7.59. The second-order valence-electron chi connectivity index (χ2n) is 7.50. The van der Waals surface area contributed by atoms with Gasteiger partial charge in [0.15, 0.2) is 0 Å². The molecular weight excluding hydrogens is 539 g/mol. The Bertz CT molecular complexity index is 1230. The van der Waals surface area contributed by atoms with Gasteiger partial charge in [0.25, 0.3) is 0 Å². The van der Waals surface area contributed by atoms with E-state index in [0.29, 0.717) is 0 Å². The molecule has 4 heteroatoms. The van der Waals surface area contributed by atoms with Gasteiger partial charge < -0.3 is 24.8 Å². The SMILES string of the molecule is CCc1cc2c(-c3ccccc3)cccc2[cH-]1.[Cl-].[Cl-].[Zr+2]=[Si](c1ccccc1)c1ccccc1. The summed E-state index contributed by atoms with van der Waals surface area (Å²) in [5.74, 6) is 0. The Morgan fingerprint density at radius 3 is 1.70 bits per heavy atom. The van der Waals surface area contributed by atoms with Crippen molar-refractivity contribution >= 4 is 26.6 Å². The number of fused-ring (bicyclic) bond motifs is 1. The van der Waals surface area contributed by atoms with Crippen LogP contribution in [0, 0.1) is 0 Å². The molecule has 0 N–H and O–H groups in total. The molecule has 0 heterocycles. The van der Waals surface area contributed by atoms with Gasteiger partial charge in [-0.05, 0) is 12.0 Å². The van der Waals surface area contributed by atoms with Crippen molar-refractivity contribution in [2.75, 3.05) is 0 Å². The Labute approximate surface area is 224 Å². The van der Waals surface area contributed by atoms with E-state index >= 15 is 0 Å². The van der Waals surface area contributed by atoms with Crippen molar-refractivity contribution in [3.8, 4) is 11.1 Å². The van der Waals surface area contributed by atoms with Crippen molar-refractivity contribution < 1.29 is 48.1 Å². The van der Waals surface area contributed by atoms with E-state index in [-0.39, 0.29) is 24.8 Å². The molecule has 5 aromatic rings. The minimum atomic E-state index is -0.455. The summed E-state index contributed by atoms with van der Waals surface area (Å²) >= 11 is 1.64. The molecule has 0 aliphatic carbocycles. The Morgan fingerprint density at radius 2 is 1.18 bits per heavy atom. The second-order valence-corrected chi connectivity index (χ2v) is 13.1. The van der Waals surface area contributed by atoms with Crippen LogP contribution < -0.4 is 35.2 Å². The molecule has 0 saturated carbocycles. The Balaban J connectivity index is 0.000000224. The van der Waals surface area contributed by atoms with Crippen molar-refractivity contribution in [3.05, 3.63) is 127 Å². The van der Waals surface area contributed by atoms with Crippen LogP contribution in [0.15, 0.2) is 121 Å². The number of hydrogen-bond donors (Lipinski definition) is 0. The maximum atomic E-state index is 2.32. The van der Waals surface area contributed by atoms with E-state index in [4.69, 9.17) is 0 Å². The summed E-state index contributed by atoms with van der Waals surface area (Å²) in [4.78, 5) is 0. The standard InChI is InChI=1S/C17H15.C12H10Si.2ClH.Zr/c1-2-13-11-15-9-6-10-16(17(15)12-13)14-7-4-3-5-8-14;1-3-7-11(8-4-1)13-12-9-5-2-6-10-12;;;/h3-12H,2H2,1H3;1-10H;2*1H;/q-1;;;;+2/p-2. The molecule has 0 atom stereocenters. The van der Waals surface area contributed by atoms with E-state index in [1.807, 2.05) is 0 Å². The van der Waals surface area contributed by atoms with Gasteiger partial charge in [0.1, 0.15) is 0 Å². The normalized spacial score (nSPS) is 9.79. The van der Waals surface area contributed by atoms with Crippen LogP contribution in [-0.2, 0) is 29.8 Å². The first-order chi connectivity index (χ1) is 15.3. The summed E-state index contributed by atoms with van der Waals surface area (Å²) in [5, 5.41) is 5.75. The molecular formula is C29H25Cl2SiZr-. The number of halogens is 2. The maximum absolute atomic E-state index is 2.32. The van der Waals surface area contributed by atoms with E-state index in [1.54, 1.807) is 23.3 Å². The molecule has 0 aromatic heterocycles. The minimum absolute atomic E-state index is 0. The van der Waals surface area contributed by atoms with E-state index in [2.05, 4.69) is 128 Å². The molecule has 164 valence electrons. The molecule has 0 aliphatic heterocycles. The van der Waals surface area contributed by atoms with Gasteiger partial charge in [0.05, 0.1) is 0 Å². The van der Waals surface area contributed by atoms with Crippen molar-refractivity contribution in [2.24, 2.45) is 0 Å². The third kappa shape index (κ3) is 7.08. The van der Waals surface area contributed by atoms with E-state index in [0.717, 1.165) is 6.42 Å². The van der Waals surface area contributed by atoms with Crippen molar-refractivity contribution in [2.45, 2.75) is 13.3 Å². The number of hydrogen-bond acceptors (Lipinski definition) is 0. The van der Waals surface area contributed by atoms with Crippen molar-refractivity contribution in [1.29, 1.82) is 0 Å². The van der Waals surface area contributed by atoms with Gasteiger partial charge in [-0.25, -0.2) is 0 Å². The zero-order valence-corrected chi connectivity index (χ0v) is 23.5. The molecule has 5 rings (SSSR count). The molecule has 0 nitrogen and oxygen atoms in total. The molecule has 33 heavy (non-hydrogen) atoms. The van der Waals surface area contributed by atoms with Gasteiger partial charge in [-0.2, -0.15) is 6.07 Å². The predicted octanol–water partition coefficient (Wildman–Crippen LogP) is 0.135. The molecule has 0 radical (unpaired) electrons. The zero-order chi connectivity index (χ0) is 21.5. The second kappa shape index (κ2) is 13.8. The monoisotopic (exact) mass is 561 g/mol. The summed E-state index contributed by atoms with van der Waals surface area (Å²) in [5.41, 5.74) is 3.60. The average Bonchev–Trinajstić information content (AvgIpc) is 3.29. The first-order valence-corrected chi connectivity index (χ1v) is 15.9. The van der Waals surface area contributed by atoms with Crippen LogP contribution in [0.2, 0.25) is 0 Å². The van der Waals surface area contributed by atoms with Crippen LogP contribution in [0.5, 0.6) is 0 Å². The summed E-state index contributed by atoms with van der Waals surface area (Å²) in [6.07, 6.45) is 1.10. The molecule has 0 fully saturated rings. The van der Waals surface area contributed by atoms with Crippen LogP contribution in [0.4, 0.5) is 0 Å². The van der Waals surface area contributed by atoms with Crippen LogP contribution in [0.3, 0.4) is 0 Å². The molecule has 0 amide bonds. The third-order valence-electron chi connectivity index (χ3n) is 5.43. The number of rotatable bonds is 4. The van der Waals surface area contributed by atoms with Crippen LogP contribution in [0.1, 0.15) is 12.5 Å². The molecule has 5 aromatic carbocycles. The quantitative estimate of drug-likeness (QED) is 0.216. The first-order valence-electron chi connectivity index (χ1n) is 10.7. The number of benzene rings is 4. The molecule has 0 bridgehead atoms. The zero-order valence-electron chi connectivity index (χ0n) is 18.5. The summed E-state index contributed by atoms with van der Waals surface area (Å²) in [6.45, 7) is 2.20. The molecule has 0 unspecified atom stereocenters. The van der Waals surface area contributed by atoms with Gasteiger partial charge in [0.2, 0.25) is 0 Å². The molecule has 0 spiro atoms. The average molecular weight is 564 g/mol. The first kappa shape index (κ1) is 27.4. The van der Waals surface area contributed by atoms with Gasteiger partial charge in [-0.3, -0.25) is 0 Å². The topological polar surface area (TPSA) is 0 Å². The van der Waals surface area contributed by atoms with Gasteiger partial charge in [0, 0.05) is 0 Å². The predicted molar refractivity (Wildman–Crippen MR) is 132 cm³/mol. The third-order valence-corrected chi connectivity index (χ3v) is 11.5. The van der Waals surface area contributed by atoms with Crippen LogP contribution >= 0.6 is 0 Å². The Hall–Kier alpha value is -1.83. The summed E-state index contributed by atoms with van der Waals surface area (Å²) in [6, 6.07) is 43.4. The van der Waals surface area contributed by atoms with E-state index in [1.165, 1.54) is 37.8 Å². The summed E-state index contributed by atoms with van der Waals surface area (Å²) in [7, 11) is 0. The fraction of sp³-hybridized carbons (Fsp3) is 0.0690. The van der Waals surface area contributed by atoms with E-state index < -0.39 is 5.43 Å². The molecule has 0 aliphatic rings. The van der Waals surface area contributed by atoms with Gasteiger partial charge in [-0.15, -0.1) is 34.5 Å². The van der Waals surface area contributed by atoms with Crippen molar-refractivity contribution in [3.63, 3.8) is 0 Å². The Kier molecular flexibility index (Phi) is 11.4. The Morgan fingerprint density at radius 1 is 0.667 bits per heavy atom. The molecule has 0 saturated heterocycles. The van der Waals surface area contributed by atoms with Crippen molar-refractivity contribution in [1.82, 2.24) is 0 Å². The van der Waals surface area contributed by atoms with Gasteiger partial charge in [-0.1, -0.05) is 48.9 Å². The fourth-order valence-electron chi connectivity index (χ4n) is 3.75. The summed E-state index contributed by atoms with van der Waals surface area (Å²) < 4.78 is 0. The number of aryl methyl sites for hydroxylation is 1. The van der Waals surface area contributed by atoms with Crippen LogP contribution in [-0.4, -0.2) is 5.43 Å². The van der Waals surface area contributed by atoms with E-state index in [9.17, 15) is 0 Å². The van der Waals surface area contributed by atoms with Gasteiger partial charge >= 0.3 is 99.8 Å².